The van der Waals surface area contributed by atoms with Gasteiger partial charge in [0.15, 0.2) is 0 Å². The van der Waals surface area contributed by atoms with Gasteiger partial charge in [0.2, 0.25) is 0 Å². The van der Waals surface area contributed by atoms with Crippen molar-refractivity contribution in [1.82, 2.24) is 9.47 Å². The summed E-state index contributed by atoms with van der Waals surface area (Å²) in [5, 5.41) is 0. The first-order valence-corrected chi connectivity index (χ1v) is 7.70. The van der Waals surface area contributed by atoms with E-state index >= 15 is 0 Å². The van der Waals surface area contributed by atoms with E-state index in [0.717, 1.165) is 25.7 Å². The molecule has 0 atom stereocenters. The van der Waals surface area contributed by atoms with E-state index in [0.29, 0.717) is 0 Å². The third-order valence-corrected chi connectivity index (χ3v) is 4.36. The molecule has 0 amide bonds. The van der Waals surface area contributed by atoms with Crippen LogP contribution >= 0.6 is 0 Å². The molecule has 3 rings (SSSR count). The zero-order valence-corrected chi connectivity index (χ0v) is 12.5. The summed E-state index contributed by atoms with van der Waals surface area (Å²) in [6, 6.07) is 14.0. The minimum atomic E-state index is 0.835. The second kappa shape index (κ2) is 5.84. The van der Waals surface area contributed by atoms with E-state index in [1.165, 1.54) is 29.7 Å². The summed E-state index contributed by atoms with van der Waals surface area (Å²) in [6.45, 7) is 7.69. The number of aromatic nitrogens is 1. The Morgan fingerprint density at radius 3 is 2.65 bits per heavy atom. The third kappa shape index (κ3) is 2.96. The van der Waals surface area contributed by atoms with E-state index in [4.69, 9.17) is 0 Å². The Balaban J connectivity index is 1.74. The summed E-state index contributed by atoms with van der Waals surface area (Å²) in [6.07, 6.45) is 4.97. The quantitative estimate of drug-likeness (QED) is 0.773. The van der Waals surface area contributed by atoms with Gasteiger partial charge in [-0.2, -0.15) is 0 Å². The average Bonchev–Trinajstić information content (AvgIpc) is 3.21. The van der Waals surface area contributed by atoms with Crippen LogP contribution in [0.25, 0.3) is 0 Å². The van der Waals surface area contributed by atoms with Crippen LogP contribution < -0.4 is 0 Å². The van der Waals surface area contributed by atoms with E-state index in [-0.39, 0.29) is 0 Å². The maximum absolute atomic E-state index is 2.60. The van der Waals surface area contributed by atoms with Gasteiger partial charge in [-0.1, -0.05) is 31.2 Å². The highest BCUT2D eigenvalue weighted by molar-refractivity contribution is 5.26. The SMILES string of the molecule is CCN(Cc1cccn1Cc1ccccc1C)C1CC1. The van der Waals surface area contributed by atoms with E-state index in [1.54, 1.807) is 0 Å². The number of hydrogen-bond donors (Lipinski definition) is 0. The lowest BCUT2D eigenvalue weighted by Gasteiger charge is -2.21. The van der Waals surface area contributed by atoms with Crippen LogP contribution in [0.5, 0.6) is 0 Å². The van der Waals surface area contributed by atoms with Crippen molar-refractivity contribution in [2.24, 2.45) is 0 Å². The molecule has 106 valence electrons. The third-order valence-electron chi connectivity index (χ3n) is 4.36. The van der Waals surface area contributed by atoms with Crippen LogP contribution in [0.15, 0.2) is 42.6 Å². The van der Waals surface area contributed by atoms with Crippen molar-refractivity contribution in [3.05, 3.63) is 59.4 Å². The lowest BCUT2D eigenvalue weighted by molar-refractivity contribution is 0.262. The minimum absolute atomic E-state index is 0.835. The lowest BCUT2D eigenvalue weighted by Crippen LogP contribution is -2.26. The van der Waals surface area contributed by atoms with Crippen molar-refractivity contribution >= 4 is 0 Å². The second-order valence-electron chi connectivity index (χ2n) is 5.85. The molecule has 1 heterocycles. The van der Waals surface area contributed by atoms with Crippen molar-refractivity contribution in [2.45, 2.75) is 45.8 Å². The Bertz CT molecular complexity index is 566. The molecular weight excluding hydrogens is 244 g/mol. The van der Waals surface area contributed by atoms with Crippen LogP contribution in [0, 0.1) is 6.92 Å². The minimum Gasteiger partial charge on any atom is -0.346 e. The van der Waals surface area contributed by atoms with E-state index in [2.05, 4.69) is 65.9 Å². The first-order chi connectivity index (χ1) is 9.78. The van der Waals surface area contributed by atoms with Gasteiger partial charge in [0.25, 0.3) is 0 Å². The van der Waals surface area contributed by atoms with Crippen LogP contribution in [0.4, 0.5) is 0 Å². The molecule has 0 radical (unpaired) electrons. The predicted octanol–water partition coefficient (Wildman–Crippen LogP) is 3.83. The zero-order chi connectivity index (χ0) is 13.9. The van der Waals surface area contributed by atoms with Gasteiger partial charge < -0.3 is 4.57 Å². The van der Waals surface area contributed by atoms with Gasteiger partial charge in [0, 0.05) is 31.0 Å². The highest BCUT2D eigenvalue weighted by Crippen LogP contribution is 2.28. The predicted molar refractivity (Wildman–Crippen MR) is 83.8 cm³/mol. The first-order valence-electron chi connectivity index (χ1n) is 7.70. The Hall–Kier alpha value is -1.54. The number of hydrogen-bond acceptors (Lipinski definition) is 1. The molecule has 2 aromatic rings. The van der Waals surface area contributed by atoms with Gasteiger partial charge in [-0.25, -0.2) is 0 Å². The van der Waals surface area contributed by atoms with Crippen molar-refractivity contribution in [2.75, 3.05) is 6.54 Å². The zero-order valence-electron chi connectivity index (χ0n) is 12.5. The monoisotopic (exact) mass is 268 g/mol. The molecule has 1 aliphatic rings. The smallest absolute Gasteiger partial charge is 0.0476 e. The van der Waals surface area contributed by atoms with Crippen LogP contribution in [0.3, 0.4) is 0 Å². The molecule has 1 saturated carbocycles. The molecule has 0 N–H and O–H groups in total. The highest BCUT2D eigenvalue weighted by atomic mass is 15.2. The van der Waals surface area contributed by atoms with Gasteiger partial charge in [-0.3, -0.25) is 4.90 Å². The summed E-state index contributed by atoms with van der Waals surface area (Å²) >= 11 is 0. The van der Waals surface area contributed by atoms with Crippen molar-refractivity contribution in [3.8, 4) is 0 Å². The van der Waals surface area contributed by atoms with E-state index < -0.39 is 0 Å². The Morgan fingerprint density at radius 1 is 1.15 bits per heavy atom. The molecule has 0 bridgehead atoms. The molecule has 2 nitrogen and oxygen atoms in total. The van der Waals surface area contributed by atoms with Gasteiger partial charge in [-0.15, -0.1) is 0 Å². The van der Waals surface area contributed by atoms with Gasteiger partial charge in [0.1, 0.15) is 0 Å². The molecule has 0 aliphatic heterocycles. The van der Waals surface area contributed by atoms with Crippen LogP contribution in [0.1, 0.15) is 36.6 Å². The molecule has 0 spiro atoms. The first kappa shape index (κ1) is 13.4. The number of aryl methyl sites for hydroxylation is 1. The lowest BCUT2D eigenvalue weighted by atomic mass is 10.1. The van der Waals surface area contributed by atoms with Crippen LogP contribution in [0.2, 0.25) is 0 Å². The average molecular weight is 268 g/mol. The summed E-state index contributed by atoms with van der Waals surface area (Å²) in [4.78, 5) is 2.60. The summed E-state index contributed by atoms with van der Waals surface area (Å²) in [7, 11) is 0. The fourth-order valence-electron chi connectivity index (χ4n) is 2.87. The summed E-state index contributed by atoms with van der Waals surface area (Å²) in [5.41, 5.74) is 4.23. The largest absolute Gasteiger partial charge is 0.346 e. The van der Waals surface area contributed by atoms with Crippen molar-refractivity contribution < 1.29 is 0 Å². The number of nitrogens with zero attached hydrogens (tertiary/aromatic N) is 2. The van der Waals surface area contributed by atoms with Crippen LogP contribution in [-0.2, 0) is 13.1 Å². The maximum Gasteiger partial charge on any atom is 0.0476 e. The molecule has 1 aromatic heterocycles. The molecule has 20 heavy (non-hydrogen) atoms. The molecular formula is C18H24N2. The molecule has 0 unspecified atom stereocenters. The molecule has 0 saturated heterocycles. The van der Waals surface area contributed by atoms with Gasteiger partial charge in [-0.05, 0) is 49.6 Å². The number of rotatable bonds is 6. The standard InChI is InChI=1S/C18H24N2/c1-3-19(17-10-11-17)14-18-9-6-12-20(18)13-16-8-5-4-7-15(16)2/h4-9,12,17H,3,10-11,13-14H2,1-2H3. The van der Waals surface area contributed by atoms with E-state index in [9.17, 15) is 0 Å². The summed E-state index contributed by atoms with van der Waals surface area (Å²) in [5.74, 6) is 0. The molecule has 1 aliphatic carbocycles. The maximum atomic E-state index is 2.60. The fraction of sp³-hybridized carbons (Fsp3) is 0.444. The van der Waals surface area contributed by atoms with Gasteiger partial charge >= 0.3 is 0 Å². The van der Waals surface area contributed by atoms with Crippen molar-refractivity contribution in [1.29, 1.82) is 0 Å². The second-order valence-corrected chi connectivity index (χ2v) is 5.85. The van der Waals surface area contributed by atoms with Crippen LogP contribution in [-0.4, -0.2) is 22.1 Å². The molecule has 2 heteroatoms. The molecule has 1 fully saturated rings. The van der Waals surface area contributed by atoms with Crippen molar-refractivity contribution in [3.63, 3.8) is 0 Å². The van der Waals surface area contributed by atoms with E-state index in [1.807, 2.05) is 0 Å². The highest BCUT2D eigenvalue weighted by Gasteiger charge is 2.28. The Kier molecular flexibility index (Phi) is 3.93. The fourth-order valence-corrected chi connectivity index (χ4v) is 2.87. The number of benzene rings is 1. The topological polar surface area (TPSA) is 8.17 Å². The normalized spacial score (nSPS) is 14.9. The Labute approximate surface area is 122 Å². The summed E-state index contributed by atoms with van der Waals surface area (Å²) < 4.78 is 2.40. The van der Waals surface area contributed by atoms with Gasteiger partial charge in [0.05, 0.1) is 0 Å². The Morgan fingerprint density at radius 2 is 1.95 bits per heavy atom. The molecule has 1 aromatic carbocycles.